The Morgan fingerprint density at radius 2 is 0.644 bits per heavy atom. The second-order valence-corrected chi connectivity index (χ2v) is 33.0. The third-order valence-corrected chi connectivity index (χ3v) is 23.6. The Bertz CT molecular complexity index is 5460. The van der Waals surface area contributed by atoms with Crippen molar-refractivity contribution in [1.29, 1.82) is 0 Å². The maximum Gasteiger partial charge on any atom is 0.244 e. The zero-order chi connectivity index (χ0) is 93.2. The van der Waals surface area contributed by atoms with Gasteiger partial charge in [-0.25, -0.2) is 86.1 Å². The van der Waals surface area contributed by atoms with Crippen LogP contribution in [0.4, 0.5) is 41.0 Å². The molecule has 0 spiro atoms. The summed E-state index contributed by atoms with van der Waals surface area (Å²) in [7, 11) is 3.21. The largest absolute Gasteiger partial charge is 0.497 e. The van der Waals surface area contributed by atoms with Gasteiger partial charge < -0.3 is 48.7 Å². The van der Waals surface area contributed by atoms with Crippen molar-refractivity contribution < 1.29 is 46.2 Å². The van der Waals surface area contributed by atoms with Crippen molar-refractivity contribution in [3.63, 3.8) is 0 Å². The van der Waals surface area contributed by atoms with Gasteiger partial charge in [-0.3, -0.25) is 19.2 Å². The van der Waals surface area contributed by atoms with Gasteiger partial charge in [0.2, 0.25) is 35.5 Å². The molecule has 4 aliphatic heterocycles. The van der Waals surface area contributed by atoms with E-state index >= 15 is 0 Å². The maximum absolute atomic E-state index is 13.7. The van der Waals surface area contributed by atoms with Crippen LogP contribution in [0.3, 0.4) is 0 Å². The molecular formula is C96H118F4N26O6. The third kappa shape index (κ3) is 25.5. The van der Waals surface area contributed by atoms with Crippen LogP contribution in [-0.4, -0.2) is 251 Å². The van der Waals surface area contributed by atoms with Gasteiger partial charge in [-0.2, -0.15) is 20.4 Å². The first-order valence-electron chi connectivity index (χ1n) is 45.5. The number of pyridine rings is 2. The molecule has 12 heterocycles. The number of nitrogens with zero attached hydrogens (tertiary/aromatic N) is 26. The number of carbonyl (C=O) groups is 4. The molecule has 12 aromatic rings. The molecule has 4 saturated heterocycles. The molecule has 0 atom stereocenters. The van der Waals surface area contributed by atoms with E-state index in [4.69, 9.17) is 9.47 Å². The van der Waals surface area contributed by atoms with E-state index in [0.717, 1.165) is 159 Å². The lowest BCUT2D eigenvalue weighted by Gasteiger charge is -2.35. The first kappa shape index (κ1) is 95.9. The van der Waals surface area contributed by atoms with Crippen molar-refractivity contribution in [2.45, 2.75) is 159 Å². The van der Waals surface area contributed by atoms with Gasteiger partial charge in [-0.1, -0.05) is 59.4 Å². The van der Waals surface area contributed by atoms with Gasteiger partial charge in [0.15, 0.2) is 23.3 Å². The van der Waals surface area contributed by atoms with Crippen LogP contribution in [0.15, 0.2) is 146 Å². The fraction of sp³-hybridized carbons (Fsp3) is 0.438. The van der Waals surface area contributed by atoms with Crippen LogP contribution < -0.4 is 29.1 Å². The van der Waals surface area contributed by atoms with Crippen LogP contribution in [0.2, 0.25) is 0 Å². The summed E-state index contributed by atoms with van der Waals surface area (Å²) in [6, 6.07) is 32.6. The summed E-state index contributed by atoms with van der Waals surface area (Å²) in [5, 5.41) is 18.5. The number of amides is 4. The van der Waals surface area contributed by atoms with Crippen LogP contribution in [0.5, 0.6) is 11.6 Å². The highest BCUT2D eigenvalue weighted by atomic mass is 19.1. The summed E-state index contributed by atoms with van der Waals surface area (Å²) in [5.74, 6) is 8.85. The molecule has 0 bridgehead atoms. The third-order valence-electron chi connectivity index (χ3n) is 23.6. The topological polar surface area (TPSA) is 313 Å². The number of benzene rings is 4. The Hall–Kier alpha value is -13.7. The van der Waals surface area contributed by atoms with Crippen molar-refractivity contribution in [3.8, 4) is 57.2 Å². The molecule has 696 valence electrons. The lowest BCUT2D eigenvalue weighted by molar-refractivity contribution is -0.133. The first-order chi connectivity index (χ1) is 64.0. The molecule has 36 heteroatoms. The number of methoxy groups -OCH3 is 2. The van der Waals surface area contributed by atoms with Gasteiger partial charge in [0.25, 0.3) is 0 Å². The van der Waals surface area contributed by atoms with E-state index in [1.54, 1.807) is 146 Å². The van der Waals surface area contributed by atoms with Gasteiger partial charge in [-0.15, -0.1) is 0 Å². The number of piperazine rings is 4. The van der Waals surface area contributed by atoms with Crippen molar-refractivity contribution in [1.82, 2.24) is 109 Å². The minimum Gasteiger partial charge on any atom is -0.497 e. The number of carbonyl (C=O) groups excluding carboxylic acids is 4. The normalized spacial score (nSPS) is 14.0. The van der Waals surface area contributed by atoms with Crippen molar-refractivity contribution in [3.05, 3.63) is 215 Å². The van der Waals surface area contributed by atoms with Gasteiger partial charge in [-0.05, 0) is 173 Å². The van der Waals surface area contributed by atoms with Gasteiger partial charge in [0, 0.05) is 190 Å². The fourth-order valence-corrected chi connectivity index (χ4v) is 15.6. The summed E-state index contributed by atoms with van der Waals surface area (Å²) >= 11 is 0. The fourth-order valence-electron chi connectivity index (χ4n) is 15.6. The summed E-state index contributed by atoms with van der Waals surface area (Å²) in [5.41, 5.74) is 5.20. The number of ether oxygens (including phenoxy) is 2. The summed E-state index contributed by atoms with van der Waals surface area (Å²) in [4.78, 5) is 113. The zero-order valence-corrected chi connectivity index (χ0v) is 77.1. The smallest absolute Gasteiger partial charge is 0.244 e. The molecule has 32 nitrogen and oxygen atoms in total. The average molecular weight is 1810 g/mol. The van der Waals surface area contributed by atoms with Crippen LogP contribution in [0.1, 0.15) is 125 Å². The van der Waals surface area contributed by atoms with Crippen LogP contribution in [0.25, 0.3) is 45.6 Å². The second-order valence-electron chi connectivity index (χ2n) is 33.0. The monoisotopic (exact) mass is 1810 g/mol. The Balaban J connectivity index is 0.000000150. The van der Waals surface area contributed by atoms with E-state index in [9.17, 15) is 36.7 Å². The minimum absolute atomic E-state index is 0.00408. The molecule has 16 rings (SSSR count). The molecule has 0 unspecified atom stereocenters. The van der Waals surface area contributed by atoms with Crippen LogP contribution >= 0.6 is 0 Å². The highest BCUT2D eigenvalue weighted by Crippen LogP contribution is 2.29. The summed E-state index contributed by atoms with van der Waals surface area (Å²) in [6.45, 7) is 26.5. The van der Waals surface area contributed by atoms with Crippen molar-refractivity contribution in [2.75, 3.05) is 139 Å². The number of halogens is 4. The lowest BCUT2D eigenvalue weighted by atomic mass is 10.1. The molecule has 4 aromatic carbocycles. The SMILES string of the molecule is CCCCc1nc(-c2ccc(F)c(C)c2)nn1CC(=O)N1CCN(c2cc(OC)ccn2)CC1.CCCCc1nc(-c2ccc(F)c(C)c2)nn1CC(=O)N1CCN(c2cc(OC)ncn2)CC1.CCCCc1nc(-c2ccc(F)c(C)c2)nn1CC(=O)N1CCN(c2ccccn2)CC1.CCCCc1nc(-c2ccc(F)c(C)c2)nn1CC(=O)N1CCN(c2ncccn2)CC1. The molecule has 4 aliphatic rings. The Kier molecular flexibility index (Phi) is 33.9. The molecule has 4 fully saturated rings. The van der Waals surface area contributed by atoms with Gasteiger partial charge >= 0.3 is 0 Å². The molecular weight excluding hydrogens is 1690 g/mol. The van der Waals surface area contributed by atoms with E-state index in [-0.39, 0.29) is 73.1 Å². The highest BCUT2D eigenvalue weighted by molar-refractivity contribution is 5.78. The molecule has 132 heavy (non-hydrogen) atoms. The summed E-state index contributed by atoms with van der Waals surface area (Å²) in [6.07, 6.45) is 19.4. The Morgan fingerprint density at radius 1 is 0.326 bits per heavy atom. The number of anilines is 4. The first-order valence-corrected chi connectivity index (χ1v) is 45.5. The van der Waals surface area contributed by atoms with Gasteiger partial charge in [0.1, 0.15) is 102 Å². The highest BCUT2D eigenvalue weighted by Gasteiger charge is 2.31. The predicted molar refractivity (Wildman–Crippen MR) is 496 cm³/mol. The standard InChI is InChI=1S/C25H31FN6O2.C24H30FN7O2.C24H29FN6O.C23H28FN7O/c1-4-5-6-22-28-25(19-7-8-21(26)18(2)15-19)29-32(22)17-24(33)31-13-11-30(12-14-31)23-16-20(34-3)9-10-27-23;1-4-5-6-20-28-24(18-7-8-19(25)17(2)13-18)29-32(20)15-23(33)31-11-9-30(10-12-31)21-14-22(34-3)27-16-26-21;1-3-4-7-22-27-24(19-9-10-20(25)18(2)16-19)28-31(22)17-23(32)30-14-12-29(13-15-30)21-8-5-6-11-26-21;1-3-4-6-20-27-22(18-7-8-19(24)17(2)15-18)28-31(20)16-21(32)29-11-13-30(14-12-29)23-25-9-5-10-26-23/h7-10,15-16H,4-6,11-14,17H2,1-3H3;7-8,13-14,16H,4-6,9-12,15H2,1-3H3;5-6,8-11,16H,3-4,7,12-15,17H2,1-2H3;5,7-10,15H,3-4,6,11-14,16H2,1-2H3. The van der Waals surface area contributed by atoms with E-state index in [1.165, 1.54) is 30.6 Å². The van der Waals surface area contributed by atoms with Crippen LogP contribution in [-0.2, 0) is 71.0 Å². The number of hydrogen-bond acceptors (Lipinski definition) is 24. The number of aromatic nitrogens is 18. The van der Waals surface area contributed by atoms with E-state index in [1.807, 2.05) is 49.9 Å². The molecule has 8 aromatic heterocycles. The van der Waals surface area contributed by atoms with Gasteiger partial charge in [0.05, 0.1) is 14.2 Å². The quantitative estimate of drug-likeness (QED) is 0.0378. The molecule has 0 aliphatic carbocycles. The number of unbranched alkanes of at least 4 members (excludes halogenated alkanes) is 4. The second kappa shape index (κ2) is 46.7. The lowest BCUT2D eigenvalue weighted by Crippen LogP contribution is -2.50. The van der Waals surface area contributed by atoms with Crippen molar-refractivity contribution in [2.24, 2.45) is 0 Å². The van der Waals surface area contributed by atoms with Crippen LogP contribution in [0, 0.1) is 51.0 Å². The van der Waals surface area contributed by atoms with E-state index in [0.29, 0.717) is 149 Å². The number of rotatable bonds is 30. The molecule has 0 saturated carbocycles. The zero-order valence-electron chi connectivity index (χ0n) is 77.1. The summed E-state index contributed by atoms with van der Waals surface area (Å²) < 4.78 is 72.1. The average Bonchev–Trinajstić information content (AvgIpc) is 1.68. The number of hydrogen-bond donors (Lipinski definition) is 0. The predicted octanol–water partition coefficient (Wildman–Crippen LogP) is 12.7. The maximum atomic E-state index is 13.7. The Labute approximate surface area is 767 Å². The molecule has 0 radical (unpaired) electrons. The number of aryl methyl sites for hydroxylation is 8. The Morgan fingerprint density at radius 3 is 0.955 bits per heavy atom. The molecule has 0 N–H and O–H groups in total. The van der Waals surface area contributed by atoms with Crippen molar-refractivity contribution >= 4 is 47.0 Å². The minimum atomic E-state index is -0.260. The molecule has 4 amide bonds. The van der Waals surface area contributed by atoms with E-state index in [2.05, 4.69) is 118 Å². The van der Waals surface area contributed by atoms with E-state index < -0.39 is 0 Å².